The maximum Gasteiger partial charge on any atom is 0.337 e. The molecule has 0 spiro atoms. The molecule has 0 saturated carbocycles. The molecule has 0 aliphatic carbocycles. The fourth-order valence-corrected chi connectivity index (χ4v) is 1.70. The van der Waals surface area contributed by atoms with Gasteiger partial charge in [-0.05, 0) is 24.3 Å². The highest BCUT2D eigenvalue weighted by atomic mass is 35.5. The van der Waals surface area contributed by atoms with E-state index in [1.807, 2.05) is 0 Å². The third-order valence-electron chi connectivity index (χ3n) is 2.41. The Morgan fingerprint density at radius 3 is 2.68 bits per heavy atom. The van der Waals surface area contributed by atoms with Gasteiger partial charge in [0.25, 0.3) is 5.91 Å². The third kappa shape index (κ3) is 2.92. The highest BCUT2D eigenvalue weighted by Gasteiger charge is 2.15. The van der Waals surface area contributed by atoms with Gasteiger partial charge in [0.1, 0.15) is 0 Å². The predicted octanol–water partition coefficient (Wildman–Crippen LogP) is 2.02. The summed E-state index contributed by atoms with van der Waals surface area (Å²) < 4.78 is 1.48. The van der Waals surface area contributed by atoms with Crippen LogP contribution in [0.3, 0.4) is 0 Å². The van der Waals surface area contributed by atoms with Crippen molar-refractivity contribution in [2.45, 2.75) is 0 Å². The Labute approximate surface area is 113 Å². The van der Waals surface area contributed by atoms with Crippen molar-refractivity contribution in [3.05, 3.63) is 46.7 Å². The number of aromatic carboxylic acids is 1. The molecule has 2 aromatic rings. The van der Waals surface area contributed by atoms with Crippen molar-refractivity contribution < 1.29 is 14.7 Å². The number of aromatic nitrogens is 2. The fourth-order valence-electron chi connectivity index (χ4n) is 1.52. The van der Waals surface area contributed by atoms with Gasteiger partial charge in [-0.2, -0.15) is 5.10 Å². The van der Waals surface area contributed by atoms with E-state index in [0.717, 1.165) is 0 Å². The number of carboxylic acids is 1. The number of nitrogens with zero attached hydrogens (tertiary/aromatic N) is 2. The first-order valence-corrected chi connectivity index (χ1v) is 5.69. The Morgan fingerprint density at radius 1 is 1.37 bits per heavy atom. The van der Waals surface area contributed by atoms with Crippen LogP contribution in [0.15, 0.2) is 30.5 Å². The highest BCUT2D eigenvalue weighted by molar-refractivity contribution is 6.31. The Hall–Kier alpha value is -2.34. The van der Waals surface area contributed by atoms with Crippen LogP contribution in [0.2, 0.25) is 5.02 Å². The lowest BCUT2D eigenvalue weighted by Gasteiger charge is -2.07. The van der Waals surface area contributed by atoms with Crippen LogP contribution in [-0.4, -0.2) is 26.8 Å². The summed E-state index contributed by atoms with van der Waals surface area (Å²) >= 11 is 5.73. The number of carboxylic acid groups (broad SMARTS) is 1. The molecule has 19 heavy (non-hydrogen) atoms. The van der Waals surface area contributed by atoms with E-state index in [-0.39, 0.29) is 22.0 Å². The number of rotatable bonds is 3. The average Bonchev–Trinajstić information content (AvgIpc) is 2.78. The van der Waals surface area contributed by atoms with Crippen molar-refractivity contribution in [1.82, 2.24) is 9.78 Å². The van der Waals surface area contributed by atoms with E-state index in [1.165, 1.54) is 28.9 Å². The van der Waals surface area contributed by atoms with Gasteiger partial charge in [0.15, 0.2) is 5.69 Å². The van der Waals surface area contributed by atoms with Crippen LogP contribution >= 0.6 is 11.6 Å². The average molecular weight is 280 g/mol. The van der Waals surface area contributed by atoms with Gasteiger partial charge in [-0.25, -0.2) is 4.79 Å². The number of halogens is 1. The lowest BCUT2D eigenvalue weighted by molar-refractivity contribution is 0.0698. The van der Waals surface area contributed by atoms with E-state index in [9.17, 15) is 9.59 Å². The molecule has 98 valence electrons. The van der Waals surface area contributed by atoms with Crippen molar-refractivity contribution in [2.75, 3.05) is 5.32 Å². The number of benzene rings is 1. The summed E-state index contributed by atoms with van der Waals surface area (Å²) in [5.74, 6) is -1.65. The van der Waals surface area contributed by atoms with E-state index >= 15 is 0 Å². The first-order chi connectivity index (χ1) is 8.97. The number of nitrogens with one attached hydrogen (secondary N) is 1. The first kappa shape index (κ1) is 13.1. The van der Waals surface area contributed by atoms with E-state index in [2.05, 4.69) is 10.4 Å². The molecular weight excluding hydrogens is 270 g/mol. The Kier molecular flexibility index (Phi) is 3.52. The summed E-state index contributed by atoms with van der Waals surface area (Å²) in [7, 11) is 1.68. The van der Waals surface area contributed by atoms with Crippen molar-refractivity contribution in [2.24, 2.45) is 7.05 Å². The van der Waals surface area contributed by atoms with Crippen LogP contribution in [0.1, 0.15) is 20.8 Å². The fraction of sp³-hybridized carbons (Fsp3) is 0.0833. The van der Waals surface area contributed by atoms with Gasteiger partial charge < -0.3 is 10.4 Å². The molecule has 0 fully saturated rings. The molecule has 0 radical (unpaired) electrons. The van der Waals surface area contributed by atoms with Crippen LogP contribution < -0.4 is 5.32 Å². The summed E-state index contributed by atoms with van der Waals surface area (Å²) in [4.78, 5) is 22.9. The maximum absolute atomic E-state index is 11.9. The lowest BCUT2D eigenvalue weighted by Crippen LogP contribution is -2.15. The molecule has 2 N–H and O–H groups in total. The lowest BCUT2D eigenvalue weighted by atomic mass is 10.1. The van der Waals surface area contributed by atoms with Gasteiger partial charge in [0, 0.05) is 18.3 Å². The standard InChI is InChI=1S/C12H10ClN3O3/c1-16-5-4-10(15-16)11(17)14-9-3-2-7(13)6-8(9)12(18)19/h2-6H,1H3,(H,14,17)(H,18,19). The van der Waals surface area contributed by atoms with E-state index < -0.39 is 11.9 Å². The highest BCUT2D eigenvalue weighted by Crippen LogP contribution is 2.21. The summed E-state index contributed by atoms with van der Waals surface area (Å²) in [5, 5.41) is 15.8. The number of carbonyl (C=O) groups is 2. The number of aryl methyl sites for hydroxylation is 1. The van der Waals surface area contributed by atoms with Gasteiger partial charge in [-0.15, -0.1) is 0 Å². The number of amides is 1. The van der Waals surface area contributed by atoms with Crippen LogP contribution in [-0.2, 0) is 7.05 Å². The van der Waals surface area contributed by atoms with Gasteiger partial charge in [0.05, 0.1) is 11.3 Å². The first-order valence-electron chi connectivity index (χ1n) is 5.31. The number of hydrogen-bond donors (Lipinski definition) is 2. The summed E-state index contributed by atoms with van der Waals surface area (Å²) in [6.45, 7) is 0. The summed E-state index contributed by atoms with van der Waals surface area (Å²) in [6, 6.07) is 5.75. The van der Waals surface area contributed by atoms with E-state index in [4.69, 9.17) is 16.7 Å². The van der Waals surface area contributed by atoms with Crippen LogP contribution in [0, 0.1) is 0 Å². The van der Waals surface area contributed by atoms with Crippen molar-refractivity contribution >= 4 is 29.2 Å². The third-order valence-corrected chi connectivity index (χ3v) is 2.64. The van der Waals surface area contributed by atoms with Crippen LogP contribution in [0.5, 0.6) is 0 Å². The largest absolute Gasteiger partial charge is 0.478 e. The van der Waals surface area contributed by atoms with E-state index in [1.54, 1.807) is 13.2 Å². The molecule has 2 rings (SSSR count). The maximum atomic E-state index is 11.9. The molecule has 1 aromatic carbocycles. The molecule has 0 atom stereocenters. The smallest absolute Gasteiger partial charge is 0.337 e. The summed E-state index contributed by atoms with van der Waals surface area (Å²) in [6.07, 6.45) is 1.62. The number of anilines is 1. The molecule has 0 bridgehead atoms. The Bertz CT molecular complexity index is 651. The van der Waals surface area contributed by atoms with E-state index in [0.29, 0.717) is 0 Å². The summed E-state index contributed by atoms with van der Waals surface area (Å²) in [5.41, 5.74) is 0.304. The zero-order chi connectivity index (χ0) is 14.0. The number of carbonyl (C=O) groups excluding carboxylic acids is 1. The van der Waals surface area contributed by atoms with Crippen molar-refractivity contribution in [1.29, 1.82) is 0 Å². The van der Waals surface area contributed by atoms with Crippen LogP contribution in [0.25, 0.3) is 0 Å². The second-order valence-electron chi connectivity index (χ2n) is 3.82. The molecule has 0 aliphatic rings. The second-order valence-corrected chi connectivity index (χ2v) is 4.26. The zero-order valence-electron chi connectivity index (χ0n) is 9.92. The molecule has 1 amide bonds. The Balaban J connectivity index is 2.28. The normalized spacial score (nSPS) is 10.2. The molecule has 1 aromatic heterocycles. The van der Waals surface area contributed by atoms with Gasteiger partial charge in [-0.3, -0.25) is 9.48 Å². The molecule has 6 nitrogen and oxygen atoms in total. The van der Waals surface area contributed by atoms with Crippen LogP contribution in [0.4, 0.5) is 5.69 Å². The molecule has 0 aliphatic heterocycles. The second kappa shape index (κ2) is 5.11. The minimum absolute atomic E-state index is 0.0724. The molecular formula is C12H10ClN3O3. The predicted molar refractivity (Wildman–Crippen MR) is 69.6 cm³/mol. The topological polar surface area (TPSA) is 84.2 Å². The number of hydrogen-bond acceptors (Lipinski definition) is 3. The van der Waals surface area contributed by atoms with Crippen molar-refractivity contribution in [3.8, 4) is 0 Å². The Morgan fingerprint density at radius 2 is 2.11 bits per heavy atom. The SMILES string of the molecule is Cn1ccc(C(=O)Nc2ccc(Cl)cc2C(=O)O)n1. The quantitative estimate of drug-likeness (QED) is 0.900. The van der Waals surface area contributed by atoms with Gasteiger partial charge in [-0.1, -0.05) is 11.6 Å². The zero-order valence-corrected chi connectivity index (χ0v) is 10.7. The van der Waals surface area contributed by atoms with Gasteiger partial charge in [0.2, 0.25) is 0 Å². The molecule has 0 unspecified atom stereocenters. The molecule has 7 heteroatoms. The van der Waals surface area contributed by atoms with Crippen molar-refractivity contribution in [3.63, 3.8) is 0 Å². The molecule has 1 heterocycles. The minimum Gasteiger partial charge on any atom is -0.478 e. The van der Waals surface area contributed by atoms with Gasteiger partial charge >= 0.3 is 5.97 Å². The molecule has 0 saturated heterocycles. The minimum atomic E-state index is -1.17. The monoisotopic (exact) mass is 279 g/mol.